The van der Waals surface area contributed by atoms with E-state index < -0.39 is 0 Å². The highest BCUT2D eigenvalue weighted by Crippen LogP contribution is 1.93. The summed E-state index contributed by atoms with van der Waals surface area (Å²) >= 11 is 0. The highest BCUT2D eigenvalue weighted by molar-refractivity contribution is 4.32. The number of rotatable bonds is 3. The molecular formula is C8H21NO. The van der Waals surface area contributed by atoms with Crippen molar-refractivity contribution >= 4 is 0 Å². The van der Waals surface area contributed by atoms with Crippen LogP contribution in [0, 0.1) is 5.92 Å². The minimum Gasteiger partial charge on any atom is -0.383 e. The van der Waals surface area contributed by atoms with E-state index in [1.54, 1.807) is 7.11 Å². The van der Waals surface area contributed by atoms with Gasteiger partial charge in [0.05, 0.1) is 6.61 Å². The Kier molecular flexibility index (Phi) is 14.7. The molecule has 0 aliphatic rings. The van der Waals surface area contributed by atoms with Gasteiger partial charge < -0.3 is 10.5 Å². The van der Waals surface area contributed by atoms with Crippen molar-refractivity contribution in [1.82, 2.24) is 0 Å². The SMILES string of the molecule is CCC(C)C.COCCN. The van der Waals surface area contributed by atoms with Gasteiger partial charge in [-0.2, -0.15) is 0 Å². The molecule has 0 radical (unpaired) electrons. The Balaban J connectivity index is 0. The molecular weight excluding hydrogens is 126 g/mol. The molecule has 2 heteroatoms. The zero-order valence-electron chi connectivity index (χ0n) is 7.68. The second-order valence-electron chi connectivity index (χ2n) is 2.58. The van der Waals surface area contributed by atoms with Gasteiger partial charge >= 0.3 is 0 Å². The van der Waals surface area contributed by atoms with Gasteiger partial charge in [0.15, 0.2) is 0 Å². The molecule has 0 spiro atoms. The van der Waals surface area contributed by atoms with Crippen LogP contribution in [0.25, 0.3) is 0 Å². The van der Waals surface area contributed by atoms with E-state index in [9.17, 15) is 0 Å². The summed E-state index contributed by atoms with van der Waals surface area (Å²) in [7, 11) is 1.63. The third kappa shape index (κ3) is 24.7. The van der Waals surface area contributed by atoms with Crippen molar-refractivity contribution in [2.45, 2.75) is 27.2 Å². The molecule has 0 aromatic rings. The average Bonchev–Trinajstić information content (AvgIpc) is 1.91. The standard InChI is InChI=1S/C5H12.C3H9NO/c1-4-5(2)3;1-5-3-2-4/h5H,4H2,1-3H3;2-4H2,1H3. The predicted octanol–water partition coefficient (Wildman–Crippen LogP) is 1.64. The zero-order chi connectivity index (χ0) is 8.41. The van der Waals surface area contributed by atoms with Crippen molar-refractivity contribution in [2.75, 3.05) is 20.3 Å². The van der Waals surface area contributed by atoms with E-state index in [1.165, 1.54) is 6.42 Å². The maximum Gasteiger partial charge on any atom is 0.0584 e. The van der Waals surface area contributed by atoms with Crippen LogP contribution in [0.4, 0.5) is 0 Å². The number of ether oxygens (including phenoxy) is 1. The van der Waals surface area contributed by atoms with Crippen molar-refractivity contribution in [1.29, 1.82) is 0 Å². The molecule has 0 atom stereocenters. The van der Waals surface area contributed by atoms with Gasteiger partial charge in [0.1, 0.15) is 0 Å². The van der Waals surface area contributed by atoms with E-state index in [2.05, 4.69) is 25.5 Å². The molecule has 0 heterocycles. The molecule has 0 bridgehead atoms. The molecule has 0 amide bonds. The number of nitrogens with two attached hydrogens (primary N) is 1. The molecule has 0 saturated carbocycles. The van der Waals surface area contributed by atoms with E-state index in [4.69, 9.17) is 5.73 Å². The van der Waals surface area contributed by atoms with Crippen LogP contribution in [-0.2, 0) is 4.74 Å². The zero-order valence-corrected chi connectivity index (χ0v) is 7.68. The Morgan fingerprint density at radius 3 is 1.80 bits per heavy atom. The fourth-order valence-corrected chi connectivity index (χ4v) is 0.118. The lowest BCUT2D eigenvalue weighted by molar-refractivity contribution is 0.207. The van der Waals surface area contributed by atoms with E-state index >= 15 is 0 Å². The molecule has 0 rings (SSSR count). The second kappa shape index (κ2) is 11.7. The van der Waals surface area contributed by atoms with Crippen LogP contribution in [-0.4, -0.2) is 20.3 Å². The quantitative estimate of drug-likeness (QED) is 0.658. The van der Waals surface area contributed by atoms with Crippen LogP contribution in [0.3, 0.4) is 0 Å². The molecule has 2 N–H and O–H groups in total. The van der Waals surface area contributed by atoms with Gasteiger partial charge in [-0.05, 0) is 5.92 Å². The number of hydrogen-bond donors (Lipinski definition) is 1. The first kappa shape index (κ1) is 12.6. The average molecular weight is 147 g/mol. The molecule has 64 valence electrons. The van der Waals surface area contributed by atoms with Crippen LogP contribution in [0.2, 0.25) is 0 Å². The van der Waals surface area contributed by atoms with E-state index in [0.717, 1.165) is 5.92 Å². The van der Waals surface area contributed by atoms with Gasteiger partial charge in [-0.15, -0.1) is 0 Å². The minimum absolute atomic E-state index is 0.622. The fourth-order valence-electron chi connectivity index (χ4n) is 0.118. The van der Waals surface area contributed by atoms with E-state index in [-0.39, 0.29) is 0 Å². The van der Waals surface area contributed by atoms with Gasteiger partial charge in [-0.25, -0.2) is 0 Å². The summed E-state index contributed by atoms with van der Waals surface area (Å²) in [4.78, 5) is 0. The first-order valence-electron chi connectivity index (χ1n) is 3.88. The summed E-state index contributed by atoms with van der Waals surface area (Å²) in [6.45, 7) is 7.93. The topological polar surface area (TPSA) is 35.2 Å². The monoisotopic (exact) mass is 147 g/mol. The first-order chi connectivity index (χ1) is 4.68. The summed E-state index contributed by atoms with van der Waals surface area (Å²) in [6, 6.07) is 0. The lowest BCUT2D eigenvalue weighted by Gasteiger charge is -1.90. The van der Waals surface area contributed by atoms with Crippen molar-refractivity contribution < 1.29 is 4.74 Å². The summed E-state index contributed by atoms with van der Waals surface area (Å²) in [5.41, 5.74) is 5.01. The Morgan fingerprint density at radius 2 is 1.80 bits per heavy atom. The minimum atomic E-state index is 0.622. The van der Waals surface area contributed by atoms with Gasteiger partial charge in [0.25, 0.3) is 0 Å². The van der Waals surface area contributed by atoms with Gasteiger partial charge in [-0.1, -0.05) is 27.2 Å². The van der Waals surface area contributed by atoms with Crippen molar-refractivity contribution in [3.05, 3.63) is 0 Å². The Morgan fingerprint density at radius 1 is 1.40 bits per heavy atom. The molecule has 2 nitrogen and oxygen atoms in total. The summed E-state index contributed by atoms with van der Waals surface area (Å²) < 4.78 is 4.57. The summed E-state index contributed by atoms with van der Waals surface area (Å²) in [6.07, 6.45) is 1.31. The molecule has 0 aromatic carbocycles. The van der Waals surface area contributed by atoms with Crippen molar-refractivity contribution in [3.63, 3.8) is 0 Å². The normalized spacial score (nSPS) is 9.00. The maximum absolute atomic E-state index is 5.01. The van der Waals surface area contributed by atoms with Crippen LogP contribution in [0.1, 0.15) is 27.2 Å². The molecule has 0 aliphatic heterocycles. The Bertz CT molecular complexity index is 44.5. The molecule has 10 heavy (non-hydrogen) atoms. The molecule has 0 saturated heterocycles. The van der Waals surface area contributed by atoms with E-state index in [1.807, 2.05) is 0 Å². The van der Waals surface area contributed by atoms with E-state index in [0.29, 0.717) is 13.2 Å². The van der Waals surface area contributed by atoms with Crippen molar-refractivity contribution in [2.24, 2.45) is 11.7 Å². The van der Waals surface area contributed by atoms with Gasteiger partial charge in [0, 0.05) is 13.7 Å². The lowest BCUT2D eigenvalue weighted by atomic mass is 10.2. The highest BCUT2D eigenvalue weighted by atomic mass is 16.5. The molecule has 0 fully saturated rings. The molecule has 0 aliphatic carbocycles. The Hall–Kier alpha value is -0.0800. The van der Waals surface area contributed by atoms with Crippen LogP contribution < -0.4 is 5.73 Å². The third-order valence-electron chi connectivity index (χ3n) is 1.14. The van der Waals surface area contributed by atoms with Crippen LogP contribution in [0.15, 0.2) is 0 Å². The van der Waals surface area contributed by atoms with Gasteiger partial charge in [-0.3, -0.25) is 0 Å². The summed E-state index contributed by atoms with van der Waals surface area (Å²) in [5.74, 6) is 0.884. The van der Waals surface area contributed by atoms with Crippen LogP contribution >= 0.6 is 0 Å². The summed E-state index contributed by atoms with van der Waals surface area (Å²) in [5, 5.41) is 0. The molecule has 0 unspecified atom stereocenters. The highest BCUT2D eigenvalue weighted by Gasteiger charge is 1.80. The third-order valence-corrected chi connectivity index (χ3v) is 1.14. The first-order valence-corrected chi connectivity index (χ1v) is 3.88. The smallest absolute Gasteiger partial charge is 0.0584 e. The van der Waals surface area contributed by atoms with Crippen molar-refractivity contribution in [3.8, 4) is 0 Å². The number of methoxy groups -OCH3 is 1. The molecule has 0 aromatic heterocycles. The maximum atomic E-state index is 5.01. The predicted molar refractivity (Wildman–Crippen MR) is 46.1 cm³/mol. The van der Waals surface area contributed by atoms with Crippen LogP contribution in [0.5, 0.6) is 0 Å². The second-order valence-corrected chi connectivity index (χ2v) is 2.58. The fraction of sp³-hybridized carbons (Fsp3) is 1.00. The number of hydrogen-bond acceptors (Lipinski definition) is 2. The largest absolute Gasteiger partial charge is 0.383 e. The Labute approximate surface area is 64.8 Å². The lowest BCUT2D eigenvalue weighted by Crippen LogP contribution is -2.05. The van der Waals surface area contributed by atoms with Gasteiger partial charge in [0.2, 0.25) is 0 Å².